The molecule has 0 aliphatic heterocycles. The molecule has 1 aromatic rings. The molecule has 8 heteroatoms. The maximum absolute atomic E-state index is 11.7. The van der Waals surface area contributed by atoms with Gasteiger partial charge in [-0.1, -0.05) is 0 Å². The third-order valence-corrected chi connectivity index (χ3v) is 2.30. The Balaban J connectivity index is 2.56. The summed E-state index contributed by atoms with van der Waals surface area (Å²) in [5.41, 5.74) is 2.19. The smallest absolute Gasteiger partial charge is 0.222 e. The first-order chi connectivity index (χ1) is 9.37. The van der Waals surface area contributed by atoms with Gasteiger partial charge in [-0.3, -0.25) is 4.79 Å². The molecule has 20 heavy (non-hydrogen) atoms. The lowest BCUT2D eigenvalue weighted by Crippen LogP contribution is -2.41. The van der Waals surface area contributed by atoms with Crippen LogP contribution >= 0.6 is 0 Å². The van der Waals surface area contributed by atoms with Gasteiger partial charge in [-0.25, -0.2) is 15.8 Å². The highest BCUT2D eigenvalue weighted by Crippen LogP contribution is 2.27. The molecule has 0 aliphatic rings. The summed E-state index contributed by atoms with van der Waals surface area (Å²) >= 11 is 0. The van der Waals surface area contributed by atoms with Gasteiger partial charge < -0.3 is 20.8 Å². The molecule has 112 valence electrons. The minimum Gasteiger partial charge on any atom is -0.490 e. The van der Waals surface area contributed by atoms with Crippen LogP contribution < -0.4 is 26.6 Å². The zero-order valence-corrected chi connectivity index (χ0v) is 12.3. The van der Waals surface area contributed by atoms with Gasteiger partial charge in [0.25, 0.3) is 0 Å². The summed E-state index contributed by atoms with van der Waals surface area (Å²) in [7, 11) is 1.50. The minimum absolute atomic E-state index is 0.0322. The number of amides is 1. The fraction of sp³-hybridized carbons (Fsp3) is 0.583. The minimum atomic E-state index is -0.236. The molecule has 0 bridgehead atoms. The first kappa shape index (κ1) is 16.0. The lowest BCUT2D eigenvalue weighted by Gasteiger charge is -2.20. The van der Waals surface area contributed by atoms with Crippen LogP contribution in [0.15, 0.2) is 6.33 Å². The van der Waals surface area contributed by atoms with Crippen molar-refractivity contribution in [2.75, 3.05) is 24.4 Å². The normalized spacial score (nSPS) is 10.8. The second-order valence-corrected chi connectivity index (χ2v) is 5.22. The predicted molar refractivity (Wildman–Crippen MR) is 77.4 cm³/mol. The largest absolute Gasteiger partial charge is 0.490 e. The molecule has 1 rings (SSSR count). The number of nitrogens with one attached hydrogen (secondary N) is 3. The first-order valence-electron chi connectivity index (χ1n) is 6.28. The maximum Gasteiger partial charge on any atom is 0.222 e. The third kappa shape index (κ3) is 4.88. The van der Waals surface area contributed by atoms with Crippen molar-refractivity contribution in [3.8, 4) is 5.75 Å². The third-order valence-electron chi connectivity index (χ3n) is 2.30. The van der Waals surface area contributed by atoms with E-state index in [0.29, 0.717) is 30.4 Å². The fourth-order valence-corrected chi connectivity index (χ4v) is 1.57. The van der Waals surface area contributed by atoms with E-state index in [4.69, 9.17) is 10.6 Å². The summed E-state index contributed by atoms with van der Waals surface area (Å²) in [6.45, 7) is 6.24. The second-order valence-electron chi connectivity index (χ2n) is 5.22. The quantitative estimate of drug-likeness (QED) is 0.443. The van der Waals surface area contributed by atoms with Gasteiger partial charge in [-0.2, -0.15) is 0 Å². The van der Waals surface area contributed by atoms with Crippen molar-refractivity contribution in [1.82, 2.24) is 15.3 Å². The number of carbonyl (C=O) groups excluding carboxylic acids is 1. The van der Waals surface area contributed by atoms with E-state index in [-0.39, 0.29) is 11.4 Å². The molecule has 0 saturated heterocycles. The highest BCUT2D eigenvalue weighted by atomic mass is 16.5. The van der Waals surface area contributed by atoms with Crippen LogP contribution in [-0.4, -0.2) is 35.1 Å². The average Bonchev–Trinajstić information content (AvgIpc) is 2.36. The number of hydrogen-bond acceptors (Lipinski definition) is 7. The van der Waals surface area contributed by atoms with Gasteiger partial charge >= 0.3 is 0 Å². The maximum atomic E-state index is 11.7. The van der Waals surface area contributed by atoms with E-state index in [1.807, 2.05) is 20.8 Å². The van der Waals surface area contributed by atoms with Crippen molar-refractivity contribution in [2.45, 2.75) is 32.7 Å². The molecule has 0 atom stereocenters. The Kier molecular flexibility index (Phi) is 5.51. The molecule has 0 unspecified atom stereocenters. The molecule has 1 heterocycles. The number of anilines is 2. The van der Waals surface area contributed by atoms with Crippen LogP contribution in [0.1, 0.15) is 27.2 Å². The van der Waals surface area contributed by atoms with Crippen molar-refractivity contribution in [3.63, 3.8) is 0 Å². The molecular weight excluding hydrogens is 260 g/mol. The number of hydrogen-bond donors (Lipinski definition) is 4. The van der Waals surface area contributed by atoms with Gasteiger partial charge in [-0.05, 0) is 20.8 Å². The van der Waals surface area contributed by atoms with Gasteiger partial charge in [-0.15, -0.1) is 0 Å². The van der Waals surface area contributed by atoms with E-state index in [2.05, 4.69) is 26.0 Å². The number of ether oxygens (including phenoxy) is 1. The molecule has 8 nitrogen and oxygen atoms in total. The lowest BCUT2D eigenvalue weighted by molar-refractivity contribution is -0.122. The van der Waals surface area contributed by atoms with Crippen molar-refractivity contribution < 1.29 is 9.53 Å². The monoisotopic (exact) mass is 282 g/mol. The summed E-state index contributed by atoms with van der Waals surface area (Å²) in [6, 6.07) is 0. The van der Waals surface area contributed by atoms with Gasteiger partial charge in [0.05, 0.1) is 7.11 Å². The lowest BCUT2D eigenvalue weighted by atomic mass is 10.1. The number of rotatable bonds is 6. The molecule has 0 aliphatic carbocycles. The average molecular weight is 282 g/mol. The predicted octanol–water partition coefficient (Wildman–Crippen LogP) is 0.487. The van der Waals surface area contributed by atoms with E-state index in [1.165, 1.54) is 13.4 Å². The molecular formula is C12H22N6O2. The van der Waals surface area contributed by atoms with Crippen LogP contribution in [0.4, 0.5) is 11.6 Å². The van der Waals surface area contributed by atoms with E-state index in [0.717, 1.165) is 0 Å². The molecule has 5 N–H and O–H groups in total. The van der Waals surface area contributed by atoms with Crippen LogP contribution in [0.2, 0.25) is 0 Å². The van der Waals surface area contributed by atoms with Gasteiger partial charge in [0.1, 0.15) is 6.33 Å². The Morgan fingerprint density at radius 2 is 2.00 bits per heavy atom. The summed E-state index contributed by atoms with van der Waals surface area (Å²) < 4.78 is 5.17. The molecule has 0 radical (unpaired) electrons. The van der Waals surface area contributed by atoms with Crippen LogP contribution in [-0.2, 0) is 4.79 Å². The van der Waals surface area contributed by atoms with Crippen molar-refractivity contribution in [1.29, 1.82) is 0 Å². The number of hydrazine groups is 1. The Morgan fingerprint density at radius 3 is 2.55 bits per heavy atom. The SMILES string of the molecule is COc1c(NN)ncnc1NCCC(=O)NC(C)(C)C. The number of carbonyl (C=O) groups is 1. The van der Waals surface area contributed by atoms with Crippen LogP contribution in [0.25, 0.3) is 0 Å². The van der Waals surface area contributed by atoms with Crippen molar-refractivity contribution in [2.24, 2.45) is 5.84 Å². The van der Waals surface area contributed by atoms with Crippen LogP contribution in [0.5, 0.6) is 5.75 Å². The zero-order chi connectivity index (χ0) is 15.2. The van der Waals surface area contributed by atoms with Crippen molar-refractivity contribution >= 4 is 17.5 Å². The highest BCUT2D eigenvalue weighted by molar-refractivity contribution is 5.77. The Morgan fingerprint density at radius 1 is 1.35 bits per heavy atom. The number of nitrogens with two attached hydrogens (primary N) is 1. The summed E-state index contributed by atoms with van der Waals surface area (Å²) in [5.74, 6) is 6.57. The van der Waals surface area contributed by atoms with Crippen molar-refractivity contribution in [3.05, 3.63) is 6.33 Å². The Labute approximate surface area is 118 Å². The number of methoxy groups -OCH3 is 1. The number of nitrogen functional groups attached to an aromatic ring is 1. The molecule has 1 aromatic heterocycles. The number of aromatic nitrogens is 2. The van der Waals surface area contributed by atoms with Gasteiger partial charge in [0.2, 0.25) is 11.7 Å². The molecule has 0 fully saturated rings. The standard InChI is InChI=1S/C12H22N6O2/c1-12(2,3)17-8(19)5-6-14-10-9(20-4)11(18-13)16-7-15-10/h7H,5-6,13H2,1-4H3,(H,17,19)(H2,14,15,16,18). The van der Waals surface area contributed by atoms with E-state index >= 15 is 0 Å². The van der Waals surface area contributed by atoms with Gasteiger partial charge in [0, 0.05) is 18.5 Å². The fourth-order valence-electron chi connectivity index (χ4n) is 1.57. The summed E-state index contributed by atoms with van der Waals surface area (Å²) in [4.78, 5) is 19.7. The van der Waals surface area contributed by atoms with E-state index < -0.39 is 0 Å². The Bertz CT molecular complexity index is 458. The Hall–Kier alpha value is -2.09. The summed E-state index contributed by atoms with van der Waals surface area (Å²) in [5, 5.41) is 5.90. The van der Waals surface area contributed by atoms with Gasteiger partial charge in [0.15, 0.2) is 11.6 Å². The van der Waals surface area contributed by atoms with Crippen LogP contribution in [0, 0.1) is 0 Å². The molecule has 0 spiro atoms. The topological polar surface area (TPSA) is 114 Å². The molecule has 1 amide bonds. The number of nitrogens with zero attached hydrogens (tertiary/aromatic N) is 2. The zero-order valence-electron chi connectivity index (χ0n) is 12.3. The van der Waals surface area contributed by atoms with Crippen LogP contribution in [0.3, 0.4) is 0 Å². The summed E-state index contributed by atoms with van der Waals surface area (Å²) in [6.07, 6.45) is 1.69. The van der Waals surface area contributed by atoms with E-state index in [9.17, 15) is 4.79 Å². The second kappa shape index (κ2) is 6.90. The molecule has 0 aromatic carbocycles. The first-order valence-corrected chi connectivity index (χ1v) is 6.28. The molecule has 0 saturated carbocycles. The highest BCUT2D eigenvalue weighted by Gasteiger charge is 2.14. The van der Waals surface area contributed by atoms with E-state index in [1.54, 1.807) is 0 Å².